The Labute approximate surface area is 133 Å². The number of fused-ring (bicyclic) bond motifs is 1. The van der Waals surface area contributed by atoms with Gasteiger partial charge in [-0.25, -0.2) is 0 Å². The highest BCUT2D eigenvalue weighted by atomic mass is 79.9. The summed E-state index contributed by atoms with van der Waals surface area (Å²) < 4.78 is 2.50. The average molecular weight is 396 g/mol. The highest BCUT2D eigenvalue weighted by Crippen LogP contribution is 2.40. The van der Waals surface area contributed by atoms with Crippen LogP contribution in [0, 0.1) is 6.92 Å². The predicted molar refractivity (Wildman–Crippen MR) is 91.5 cm³/mol. The molecule has 1 unspecified atom stereocenters. The Morgan fingerprint density at radius 3 is 2.63 bits per heavy atom. The Hall–Kier alpha value is -0.640. The highest BCUT2D eigenvalue weighted by Gasteiger charge is 2.17. The summed E-state index contributed by atoms with van der Waals surface area (Å²) in [5, 5.41) is 3.60. The molecule has 0 aliphatic rings. The van der Waals surface area contributed by atoms with Crippen molar-refractivity contribution in [2.75, 3.05) is 0 Å². The van der Waals surface area contributed by atoms with Crippen molar-refractivity contribution >= 4 is 53.3 Å². The van der Waals surface area contributed by atoms with Crippen LogP contribution in [0.1, 0.15) is 21.5 Å². The summed E-state index contributed by atoms with van der Waals surface area (Å²) in [6.07, 6.45) is 0. The molecule has 0 fully saturated rings. The van der Waals surface area contributed by atoms with Crippen LogP contribution >= 0.6 is 43.2 Å². The fourth-order valence-electron chi connectivity index (χ4n) is 2.26. The molecule has 3 rings (SSSR count). The second-order valence-corrected chi connectivity index (χ2v) is 7.19. The lowest BCUT2D eigenvalue weighted by Gasteiger charge is -2.14. The van der Waals surface area contributed by atoms with E-state index in [1.807, 2.05) is 0 Å². The van der Waals surface area contributed by atoms with Gasteiger partial charge in [0.1, 0.15) is 0 Å². The summed E-state index contributed by atoms with van der Waals surface area (Å²) >= 11 is 9.28. The maximum absolute atomic E-state index is 3.87. The maximum Gasteiger partial charge on any atom is 0.0661 e. The maximum atomic E-state index is 3.87. The van der Waals surface area contributed by atoms with Crippen LogP contribution in [-0.2, 0) is 0 Å². The van der Waals surface area contributed by atoms with Gasteiger partial charge in [-0.05, 0) is 46.5 Å². The minimum atomic E-state index is 0.237. The van der Waals surface area contributed by atoms with E-state index in [2.05, 4.69) is 86.6 Å². The fourth-order valence-corrected chi connectivity index (χ4v) is 4.68. The zero-order valence-electron chi connectivity index (χ0n) is 10.4. The molecule has 0 saturated heterocycles. The largest absolute Gasteiger partial charge is 0.143 e. The topological polar surface area (TPSA) is 0 Å². The first-order chi connectivity index (χ1) is 9.18. The average Bonchev–Trinajstić information content (AvgIpc) is 2.85. The molecule has 0 radical (unpaired) electrons. The Bertz CT molecular complexity index is 730. The summed E-state index contributed by atoms with van der Waals surface area (Å²) in [6, 6.07) is 14.9. The molecule has 2 aromatic carbocycles. The first kappa shape index (κ1) is 13.3. The molecule has 0 spiro atoms. The van der Waals surface area contributed by atoms with E-state index in [-0.39, 0.29) is 4.83 Å². The highest BCUT2D eigenvalue weighted by molar-refractivity contribution is 9.10. The SMILES string of the molecule is Cc1c(Br)cccc1C(Br)c1csc2ccccc12. The van der Waals surface area contributed by atoms with Crippen molar-refractivity contribution in [3.05, 3.63) is 69.0 Å². The van der Waals surface area contributed by atoms with E-state index in [4.69, 9.17) is 0 Å². The molecule has 19 heavy (non-hydrogen) atoms. The Morgan fingerprint density at radius 2 is 1.79 bits per heavy atom. The first-order valence-corrected chi connectivity index (χ1v) is 8.62. The Balaban J connectivity index is 2.13. The molecular weight excluding hydrogens is 384 g/mol. The summed E-state index contributed by atoms with van der Waals surface area (Å²) in [5.74, 6) is 0. The molecule has 0 bridgehead atoms. The van der Waals surface area contributed by atoms with Crippen LogP contribution in [0.4, 0.5) is 0 Å². The van der Waals surface area contributed by atoms with E-state index in [1.165, 1.54) is 26.8 Å². The summed E-state index contributed by atoms with van der Waals surface area (Å²) in [6.45, 7) is 2.15. The Morgan fingerprint density at radius 1 is 1.00 bits per heavy atom. The van der Waals surface area contributed by atoms with Crippen molar-refractivity contribution in [3.63, 3.8) is 0 Å². The normalized spacial score (nSPS) is 12.8. The molecule has 1 aromatic heterocycles. The first-order valence-electron chi connectivity index (χ1n) is 6.03. The molecule has 0 nitrogen and oxygen atoms in total. The zero-order chi connectivity index (χ0) is 13.4. The van der Waals surface area contributed by atoms with Crippen molar-refractivity contribution < 1.29 is 0 Å². The molecule has 0 N–H and O–H groups in total. The van der Waals surface area contributed by atoms with E-state index in [9.17, 15) is 0 Å². The van der Waals surface area contributed by atoms with E-state index in [0.717, 1.165) is 4.47 Å². The van der Waals surface area contributed by atoms with Gasteiger partial charge in [0.2, 0.25) is 0 Å². The third-order valence-electron chi connectivity index (χ3n) is 3.37. The van der Waals surface area contributed by atoms with Gasteiger partial charge in [-0.2, -0.15) is 0 Å². The van der Waals surface area contributed by atoms with Crippen molar-refractivity contribution in [2.45, 2.75) is 11.8 Å². The minimum absolute atomic E-state index is 0.237. The lowest BCUT2D eigenvalue weighted by molar-refractivity contribution is 1.16. The number of hydrogen-bond donors (Lipinski definition) is 0. The minimum Gasteiger partial charge on any atom is -0.143 e. The fraction of sp³-hybridized carbons (Fsp3) is 0.125. The molecule has 0 saturated carbocycles. The Kier molecular flexibility index (Phi) is 3.79. The molecule has 0 amide bonds. The molecule has 0 aliphatic heterocycles. The standard InChI is InChI=1S/C16H12Br2S/c1-10-11(6-4-7-14(10)17)16(18)13-9-19-15-8-3-2-5-12(13)15/h2-9,16H,1H3. The van der Waals surface area contributed by atoms with Gasteiger partial charge < -0.3 is 0 Å². The van der Waals surface area contributed by atoms with E-state index in [1.54, 1.807) is 11.3 Å². The van der Waals surface area contributed by atoms with Gasteiger partial charge in [-0.3, -0.25) is 0 Å². The van der Waals surface area contributed by atoms with Gasteiger partial charge in [0.25, 0.3) is 0 Å². The van der Waals surface area contributed by atoms with Gasteiger partial charge in [-0.15, -0.1) is 11.3 Å². The molecule has 1 heterocycles. The number of benzene rings is 2. The third kappa shape index (κ3) is 2.39. The third-order valence-corrected chi connectivity index (χ3v) is 6.19. The predicted octanol–water partition coefficient (Wildman–Crippen LogP) is 6.46. The van der Waals surface area contributed by atoms with Crippen molar-refractivity contribution in [1.82, 2.24) is 0 Å². The van der Waals surface area contributed by atoms with Gasteiger partial charge in [0.05, 0.1) is 4.83 Å². The van der Waals surface area contributed by atoms with Crippen LogP contribution in [0.15, 0.2) is 52.3 Å². The second kappa shape index (κ2) is 5.39. The van der Waals surface area contributed by atoms with Gasteiger partial charge in [-0.1, -0.05) is 62.2 Å². The van der Waals surface area contributed by atoms with Crippen LogP contribution in [0.2, 0.25) is 0 Å². The summed E-state index contributed by atoms with van der Waals surface area (Å²) in [4.78, 5) is 0.237. The van der Waals surface area contributed by atoms with Crippen LogP contribution in [-0.4, -0.2) is 0 Å². The second-order valence-electron chi connectivity index (χ2n) is 4.50. The van der Waals surface area contributed by atoms with Crippen molar-refractivity contribution in [3.8, 4) is 0 Å². The van der Waals surface area contributed by atoms with E-state index < -0.39 is 0 Å². The molecular formula is C16H12Br2S. The number of alkyl halides is 1. The molecule has 0 aliphatic carbocycles. The van der Waals surface area contributed by atoms with Gasteiger partial charge >= 0.3 is 0 Å². The van der Waals surface area contributed by atoms with Gasteiger partial charge in [0, 0.05) is 9.17 Å². The molecule has 1 atom stereocenters. The van der Waals surface area contributed by atoms with Crippen LogP contribution < -0.4 is 0 Å². The van der Waals surface area contributed by atoms with Crippen molar-refractivity contribution in [2.24, 2.45) is 0 Å². The number of hydrogen-bond acceptors (Lipinski definition) is 1. The van der Waals surface area contributed by atoms with Crippen LogP contribution in [0.25, 0.3) is 10.1 Å². The number of halogens is 2. The molecule has 96 valence electrons. The van der Waals surface area contributed by atoms with Gasteiger partial charge in [0.15, 0.2) is 0 Å². The summed E-state index contributed by atoms with van der Waals surface area (Å²) in [5.41, 5.74) is 3.96. The lowest BCUT2D eigenvalue weighted by Crippen LogP contribution is -1.95. The quantitative estimate of drug-likeness (QED) is 0.437. The van der Waals surface area contributed by atoms with Crippen LogP contribution in [0.3, 0.4) is 0 Å². The monoisotopic (exact) mass is 394 g/mol. The number of thiophene rings is 1. The zero-order valence-corrected chi connectivity index (χ0v) is 14.3. The van der Waals surface area contributed by atoms with Crippen LogP contribution in [0.5, 0.6) is 0 Å². The lowest BCUT2D eigenvalue weighted by atomic mass is 10.00. The van der Waals surface area contributed by atoms with E-state index in [0.29, 0.717) is 0 Å². The smallest absolute Gasteiger partial charge is 0.0661 e. The van der Waals surface area contributed by atoms with E-state index >= 15 is 0 Å². The number of rotatable bonds is 2. The van der Waals surface area contributed by atoms with Crippen molar-refractivity contribution in [1.29, 1.82) is 0 Å². The molecule has 3 aromatic rings. The summed E-state index contributed by atoms with van der Waals surface area (Å²) in [7, 11) is 0. The molecule has 3 heteroatoms.